The van der Waals surface area contributed by atoms with Gasteiger partial charge in [-0.25, -0.2) is 4.79 Å². The van der Waals surface area contributed by atoms with Crippen LogP contribution in [0.25, 0.3) is 6.08 Å². The molecule has 0 aliphatic carbocycles. The molecular formula is C25H32O8. The molecule has 3 rings (SSSR count). The Balaban J connectivity index is 1.73. The van der Waals surface area contributed by atoms with Crippen molar-refractivity contribution in [1.82, 2.24) is 0 Å². The predicted molar refractivity (Wildman–Crippen MR) is 122 cm³/mol. The topological polar surface area (TPSA) is 104 Å². The lowest BCUT2D eigenvalue weighted by Gasteiger charge is -2.47. The Morgan fingerprint density at radius 2 is 1.88 bits per heavy atom. The standard InChI is InChI=1S/C25H32O8/c1-7-20-24(4)23(30-16(3)26)25(5,33-20)22(28)18(32-24)13-11-9-8-10-12-17-15(2)19(29-6)14-21(27)31-17/h8-14,18,20,22-23,28H,7H2,1-6H3/b9-8+,12-10+,13-11+. The highest BCUT2D eigenvalue weighted by Gasteiger charge is 2.69. The van der Waals surface area contributed by atoms with Crippen molar-refractivity contribution in [3.05, 3.63) is 58.2 Å². The number of aliphatic hydroxyl groups is 1. The highest BCUT2D eigenvalue weighted by molar-refractivity contribution is 5.66. The van der Waals surface area contributed by atoms with Crippen LogP contribution in [0.4, 0.5) is 0 Å². The number of carbonyl (C=O) groups excluding carboxylic acids is 1. The molecule has 6 atom stereocenters. The SMILES string of the molecule is CCC1OC2(C)C(O)C(/C=C/C=C/C=C/c3oc(=O)cc(OC)c3C)OC1(C)C2OC(C)=O. The van der Waals surface area contributed by atoms with Gasteiger partial charge in [0, 0.05) is 12.5 Å². The number of allylic oxidation sites excluding steroid dienone is 4. The third-order valence-electron chi connectivity index (χ3n) is 6.32. The van der Waals surface area contributed by atoms with E-state index in [1.807, 2.05) is 13.8 Å². The first-order chi connectivity index (χ1) is 15.6. The Hall–Kier alpha value is -2.68. The maximum atomic E-state index is 11.7. The molecule has 0 aromatic carbocycles. The Labute approximate surface area is 193 Å². The van der Waals surface area contributed by atoms with Crippen LogP contribution in [0.5, 0.6) is 5.75 Å². The van der Waals surface area contributed by atoms with E-state index in [4.69, 9.17) is 23.4 Å². The summed E-state index contributed by atoms with van der Waals surface area (Å²) in [4.78, 5) is 23.3. The fraction of sp³-hybridized carbons (Fsp3) is 0.520. The van der Waals surface area contributed by atoms with Gasteiger partial charge in [-0.1, -0.05) is 37.3 Å². The van der Waals surface area contributed by atoms with Gasteiger partial charge >= 0.3 is 11.6 Å². The van der Waals surface area contributed by atoms with Crippen molar-refractivity contribution in [3.8, 4) is 5.75 Å². The fourth-order valence-electron chi connectivity index (χ4n) is 4.67. The number of hydrogen-bond acceptors (Lipinski definition) is 8. The van der Waals surface area contributed by atoms with Crippen molar-refractivity contribution in [1.29, 1.82) is 0 Å². The predicted octanol–water partition coefficient (Wildman–Crippen LogP) is 3.10. The lowest BCUT2D eigenvalue weighted by atomic mass is 9.77. The van der Waals surface area contributed by atoms with Crippen LogP contribution in [-0.2, 0) is 19.0 Å². The largest absolute Gasteiger partial charge is 0.496 e. The summed E-state index contributed by atoms with van der Waals surface area (Å²) in [6.45, 7) is 8.71. The summed E-state index contributed by atoms with van der Waals surface area (Å²) < 4.78 is 28.3. The van der Waals surface area contributed by atoms with Crippen LogP contribution in [0.2, 0.25) is 0 Å². The van der Waals surface area contributed by atoms with E-state index < -0.39 is 41.1 Å². The number of aliphatic hydroxyl groups excluding tert-OH is 1. The van der Waals surface area contributed by atoms with Gasteiger partial charge in [0.1, 0.15) is 34.9 Å². The van der Waals surface area contributed by atoms with Gasteiger partial charge in [-0.15, -0.1) is 0 Å². The van der Waals surface area contributed by atoms with Crippen molar-refractivity contribution in [3.63, 3.8) is 0 Å². The molecule has 2 fully saturated rings. The third-order valence-corrected chi connectivity index (χ3v) is 6.32. The van der Waals surface area contributed by atoms with Gasteiger partial charge in [0.2, 0.25) is 0 Å². The molecule has 1 aromatic rings. The van der Waals surface area contributed by atoms with Crippen LogP contribution in [0, 0.1) is 6.92 Å². The minimum absolute atomic E-state index is 0.320. The van der Waals surface area contributed by atoms with Crippen LogP contribution < -0.4 is 10.4 Å². The maximum absolute atomic E-state index is 11.7. The summed E-state index contributed by atoms with van der Waals surface area (Å²) in [6.07, 6.45) is 8.37. The fourth-order valence-corrected chi connectivity index (χ4v) is 4.67. The van der Waals surface area contributed by atoms with Gasteiger partial charge < -0.3 is 28.5 Å². The van der Waals surface area contributed by atoms with Crippen LogP contribution >= 0.6 is 0 Å². The Morgan fingerprint density at radius 3 is 2.52 bits per heavy atom. The van der Waals surface area contributed by atoms with Crippen molar-refractivity contribution in [2.75, 3.05) is 7.11 Å². The number of methoxy groups -OCH3 is 1. The Bertz CT molecular complexity index is 1020. The minimum atomic E-state index is -1.08. The summed E-state index contributed by atoms with van der Waals surface area (Å²) in [5, 5.41) is 11.0. The molecule has 3 heterocycles. The van der Waals surface area contributed by atoms with E-state index in [-0.39, 0.29) is 6.10 Å². The highest BCUT2D eigenvalue weighted by atomic mass is 16.7. The van der Waals surface area contributed by atoms with Gasteiger partial charge in [0.15, 0.2) is 6.10 Å². The average Bonchev–Trinajstić information content (AvgIpc) is 2.93. The van der Waals surface area contributed by atoms with E-state index >= 15 is 0 Å². The molecule has 0 amide bonds. The average molecular weight is 461 g/mol. The van der Waals surface area contributed by atoms with E-state index in [0.29, 0.717) is 17.9 Å². The number of carbonyl (C=O) groups is 1. The zero-order valence-electron chi connectivity index (χ0n) is 19.9. The van der Waals surface area contributed by atoms with Crippen LogP contribution in [-0.4, -0.2) is 53.8 Å². The second kappa shape index (κ2) is 9.67. The zero-order valence-corrected chi connectivity index (χ0v) is 19.9. The smallest absolute Gasteiger partial charge is 0.339 e. The minimum Gasteiger partial charge on any atom is -0.496 e. The number of ether oxygens (including phenoxy) is 4. The van der Waals surface area contributed by atoms with Crippen LogP contribution in [0.1, 0.15) is 45.4 Å². The van der Waals surface area contributed by atoms with Crippen LogP contribution in [0.3, 0.4) is 0 Å². The second-order valence-electron chi connectivity index (χ2n) is 8.65. The van der Waals surface area contributed by atoms with E-state index in [2.05, 4.69) is 0 Å². The molecule has 1 N–H and O–H groups in total. The zero-order chi connectivity index (χ0) is 24.4. The third kappa shape index (κ3) is 4.69. The van der Waals surface area contributed by atoms with Crippen molar-refractivity contribution >= 4 is 12.0 Å². The lowest BCUT2D eigenvalue weighted by molar-refractivity contribution is -0.235. The van der Waals surface area contributed by atoms with Gasteiger partial charge in [-0.2, -0.15) is 0 Å². The van der Waals surface area contributed by atoms with E-state index in [1.54, 1.807) is 50.3 Å². The van der Waals surface area contributed by atoms with E-state index in [0.717, 1.165) is 5.56 Å². The summed E-state index contributed by atoms with van der Waals surface area (Å²) >= 11 is 0. The summed E-state index contributed by atoms with van der Waals surface area (Å²) in [7, 11) is 1.50. The van der Waals surface area contributed by atoms with Gasteiger partial charge in [0.25, 0.3) is 0 Å². The molecule has 2 bridgehead atoms. The molecule has 2 aliphatic rings. The van der Waals surface area contributed by atoms with E-state index in [1.165, 1.54) is 20.1 Å². The molecule has 6 unspecified atom stereocenters. The second-order valence-corrected chi connectivity index (χ2v) is 8.65. The Morgan fingerprint density at radius 1 is 1.18 bits per heavy atom. The lowest BCUT2D eigenvalue weighted by Crippen LogP contribution is -2.65. The van der Waals surface area contributed by atoms with Gasteiger partial charge in [0.05, 0.1) is 19.3 Å². The first kappa shape index (κ1) is 25.0. The molecule has 2 saturated heterocycles. The molecule has 0 spiro atoms. The Kier molecular flexibility index (Phi) is 7.31. The number of fused-ring (bicyclic) bond motifs is 2. The quantitative estimate of drug-likeness (QED) is 0.489. The molecule has 8 heteroatoms. The summed E-state index contributed by atoms with van der Waals surface area (Å²) in [5.74, 6) is 0.435. The molecule has 1 aromatic heterocycles. The number of rotatable bonds is 7. The maximum Gasteiger partial charge on any atom is 0.339 e. The molecule has 2 aliphatic heterocycles. The van der Waals surface area contributed by atoms with E-state index in [9.17, 15) is 14.7 Å². The molecular weight excluding hydrogens is 428 g/mol. The highest BCUT2D eigenvalue weighted by Crippen LogP contribution is 2.51. The van der Waals surface area contributed by atoms with Crippen molar-refractivity contribution < 1.29 is 33.3 Å². The molecule has 33 heavy (non-hydrogen) atoms. The first-order valence-electron chi connectivity index (χ1n) is 11.0. The molecule has 0 radical (unpaired) electrons. The van der Waals surface area contributed by atoms with Crippen molar-refractivity contribution in [2.45, 2.75) is 76.7 Å². The number of esters is 1. The van der Waals surface area contributed by atoms with Gasteiger partial charge in [-0.05, 0) is 33.3 Å². The molecule has 180 valence electrons. The van der Waals surface area contributed by atoms with Gasteiger partial charge in [-0.3, -0.25) is 4.79 Å². The first-order valence-corrected chi connectivity index (χ1v) is 11.0. The number of hydrogen-bond donors (Lipinski definition) is 1. The molecule has 8 nitrogen and oxygen atoms in total. The summed E-state index contributed by atoms with van der Waals surface area (Å²) in [5.41, 5.74) is -1.73. The molecule has 0 saturated carbocycles. The van der Waals surface area contributed by atoms with Crippen molar-refractivity contribution in [2.24, 2.45) is 0 Å². The normalized spacial score (nSPS) is 33.9. The summed E-state index contributed by atoms with van der Waals surface area (Å²) in [6, 6.07) is 1.30. The monoisotopic (exact) mass is 460 g/mol. The van der Waals surface area contributed by atoms with Crippen LogP contribution in [0.15, 0.2) is 45.7 Å².